The molecule has 4 nitrogen and oxygen atoms in total. The number of allylic oxidation sites excluding steroid dienone is 1. The van der Waals surface area contributed by atoms with Crippen LogP contribution in [0.1, 0.15) is 15.9 Å². The molecule has 3 rings (SSSR count). The van der Waals surface area contributed by atoms with Crippen molar-refractivity contribution >= 4 is 35.1 Å². The van der Waals surface area contributed by atoms with E-state index in [0.29, 0.717) is 10.3 Å². The van der Waals surface area contributed by atoms with Crippen LogP contribution < -0.4 is 0 Å². The minimum absolute atomic E-state index is 0.0814. The molecule has 3 aromatic rings. The molecule has 110 valence electrons. The van der Waals surface area contributed by atoms with Crippen molar-refractivity contribution in [2.75, 3.05) is 0 Å². The van der Waals surface area contributed by atoms with Crippen LogP contribution in [-0.4, -0.2) is 20.4 Å². The van der Waals surface area contributed by atoms with Gasteiger partial charge in [-0.1, -0.05) is 18.2 Å². The standard InChI is InChI=1S/C17H14N2O2S/c1-19-15-10-12(5-8-14(15)18-17(19)22)16(21)9-4-11-2-6-13(20)7-3-11/h2-10,20H,1H3,(H,18,22)/b9-4+. The van der Waals surface area contributed by atoms with Gasteiger partial charge in [0.05, 0.1) is 11.0 Å². The number of hydrogen-bond donors (Lipinski definition) is 2. The van der Waals surface area contributed by atoms with Gasteiger partial charge in [0.15, 0.2) is 10.6 Å². The molecule has 0 unspecified atom stereocenters. The number of aromatic hydroxyl groups is 1. The number of nitrogens with zero attached hydrogens (tertiary/aromatic N) is 1. The molecule has 1 aromatic heterocycles. The summed E-state index contributed by atoms with van der Waals surface area (Å²) in [6, 6.07) is 12.1. The fourth-order valence-electron chi connectivity index (χ4n) is 2.23. The Hall–Kier alpha value is -2.66. The lowest BCUT2D eigenvalue weighted by Crippen LogP contribution is -1.95. The molecule has 2 aromatic carbocycles. The maximum absolute atomic E-state index is 12.3. The SMILES string of the molecule is Cn1c(=S)[nH]c2ccc(C(=O)/C=C/c3ccc(O)cc3)cc21. The van der Waals surface area contributed by atoms with Gasteiger partial charge in [0, 0.05) is 12.6 Å². The summed E-state index contributed by atoms with van der Waals surface area (Å²) in [6.07, 6.45) is 3.25. The van der Waals surface area contributed by atoms with Gasteiger partial charge in [-0.3, -0.25) is 4.79 Å². The summed E-state index contributed by atoms with van der Waals surface area (Å²) >= 11 is 5.18. The monoisotopic (exact) mass is 310 g/mol. The minimum Gasteiger partial charge on any atom is -0.508 e. The van der Waals surface area contributed by atoms with Crippen molar-refractivity contribution in [2.24, 2.45) is 7.05 Å². The fraction of sp³-hybridized carbons (Fsp3) is 0.0588. The summed E-state index contributed by atoms with van der Waals surface area (Å²) in [6.45, 7) is 0. The predicted molar refractivity (Wildman–Crippen MR) is 89.6 cm³/mol. The van der Waals surface area contributed by atoms with E-state index in [1.165, 1.54) is 6.08 Å². The van der Waals surface area contributed by atoms with E-state index in [0.717, 1.165) is 16.6 Å². The van der Waals surface area contributed by atoms with E-state index in [1.54, 1.807) is 36.4 Å². The van der Waals surface area contributed by atoms with Crippen molar-refractivity contribution in [3.63, 3.8) is 0 Å². The summed E-state index contributed by atoms with van der Waals surface area (Å²) in [5.74, 6) is 0.121. The van der Waals surface area contributed by atoms with Crippen molar-refractivity contribution in [3.8, 4) is 5.75 Å². The van der Waals surface area contributed by atoms with Gasteiger partial charge >= 0.3 is 0 Å². The summed E-state index contributed by atoms with van der Waals surface area (Å²) in [5, 5.41) is 9.24. The first kappa shape index (κ1) is 14.3. The molecule has 0 aliphatic carbocycles. The Morgan fingerprint density at radius 3 is 2.68 bits per heavy atom. The van der Waals surface area contributed by atoms with Crippen LogP contribution in [0.15, 0.2) is 48.5 Å². The van der Waals surface area contributed by atoms with Gasteiger partial charge in [-0.25, -0.2) is 0 Å². The number of ketones is 1. The highest BCUT2D eigenvalue weighted by molar-refractivity contribution is 7.71. The molecule has 5 heteroatoms. The van der Waals surface area contributed by atoms with Crippen LogP contribution >= 0.6 is 12.2 Å². The number of aromatic amines is 1. The first-order chi connectivity index (χ1) is 10.5. The molecule has 0 fully saturated rings. The summed E-state index contributed by atoms with van der Waals surface area (Å²) in [7, 11) is 1.86. The van der Waals surface area contributed by atoms with Gasteiger partial charge in [-0.2, -0.15) is 0 Å². The Kier molecular flexibility index (Phi) is 3.65. The lowest BCUT2D eigenvalue weighted by atomic mass is 10.1. The summed E-state index contributed by atoms with van der Waals surface area (Å²) in [4.78, 5) is 15.3. The molecule has 0 spiro atoms. The van der Waals surface area contributed by atoms with E-state index >= 15 is 0 Å². The maximum Gasteiger partial charge on any atom is 0.185 e. The topological polar surface area (TPSA) is 58.0 Å². The first-order valence-corrected chi connectivity index (χ1v) is 7.15. The Morgan fingerprint density at radius 1 is 1.23 bits per heavy atom. The molecule has 22 heavy (non-hydrogen) atoms. The van der Waals surface area contributed by atoms with Gasteiger partial charge in [-0.05, 0) is 54.2 Å². The summed E-state index contributed by atoms with van der Waals surface area (Å²) < 4.78 is 2.46. The van der Waals surface area contributed by atoms with Crippen molar-refractivity contribution in [2.45, 2.75) is 0 Å². The van der Waals surface area contributed by atoms with Crippen LogP contribution in [-0.2, 0) is 7.05 Å². The number of fused-ring (bicyclic) bond motifs is 1. The smallest absolute Gasteiger partial charge is 0.185 e. The van der Waals surface area contributed by atoms with Gasteiger partial charge in [-0.15, -0.1) is 0 Å². The van der Waals surface area contributed by atoms with E-state index in [4.69, 9.17) is 12.2 Å². The van der Waals surface area contributed by atoms with Gasteiger partial charge < -0.3 is 14.7 Å². The van der Waals surface area contributed by atoms with E-state index in [9.17, 15) is 9.90 Å². The lowest BCUT2D eigenvalue weighted by molar-refractivity contribution is 0.104. The molecule has 0 atom stereocenters. The number of imidazole rings is 1. The van der Waals surface area contributed by atoms with Gasteiger partial charge in [0.25, 0.3) is 0 Å². The van der Waals surface area contributed by atoms with Crippen molar-refractivity contribution in [1.29, 1.82) is 0 Å². The largest absolute Gasteiger partial charge is 0.508 e. The van der Waals surface area contributed by atoms with Crippen molar-refractivity contribution in [3.05, 3.63) is 64.4 Å². The number of carbonyl (C=O) groups excluding carboxylic acids is 1. The highest BCUT2D eigenvalue weighted by atomic mass is 32.1. The third-order valence-electron chi connectivity index (χ3n) is 3.51. The number of rotatable bonds is 3. The Bertz CT molecular complexity index is 933. The summed E-state index contributed by atoms with van der Waals surface area (Å²) in [5.41, 5.74) is 3.26. The number of aromatic nitrogens is 2. The zero-order valence-corrected chi connectivity index (χ0v) is 12.7. The van der Waals surface area contributed by atoms with Crippen LogP contribution in [0.2, 0.25) is 0 Å². The molecule has 0 bridgehead atoms. The molecule has 0 saturated carbocycles. The van der Waals surface area contributed by atoms with Crippen LogP contribution in [0, 0.1) is 4.77 Å². The highest BCUT2D eigenvalue weighted by Crippen LogP contribution is 2.16. The number of carbonyl (C=O) groups is 1. The van der Waals surface area contributed by atoms with E-state index in [2.05, 4.69) is 4.98 Å². The average Bonchev–Trinajstić information content (AvgIpc) is 2.81. The molecule has 0 aliphatic rings. The van der Waals surface area contributed by atoms with Crippen LogP contribution in [0.4, 0.5) is 0 Å². The van der Waals surface area contributed by atoms with Crippen molar-refractivity contribution < 1.29 is 9.90 Å². The molecular weight excluding hydrogens is 296 g/mol. The molecule has 1 heterocycles. The number of benzene rings is 2. The second-order valence-electron chi connectivity index (χ2n) is 5.01. The number of hydrogen-bond acceptors (Lipinski definition) is 3. The van der Waals surface area contributed by atoms with Crippen molar-refractivity contribution in [1.82, 2.24) is 9.55 Å². The average molecular weight is 310 g/mol. The number of phenolic OH excluding ortho intramolecular Hbond substituents is 1. The number of H-pyrrole nitrogens is 1. The van der Waals surface area contributed by atoms with Crippen LogP contribution in [0.25, 0.3) is 17.1 Å². The van der Waals surface area contributed by atoms with E-state index in [-0.39, 0.29) is 11.5 Å². The second-order valence-corrected chi connectivity index (χ2v) is 5.40. The minimum atomic E-state index is -0.0814. The highest BCUT2D eigenvalue weighted by Gasteiger charge is 2.06. The zero-order valence-electron chi connectivity index (χ0n) is 11.9. The molecule has 2 N–H and O–H groups in total. The molecule has 0 aliphatic heterocycles. The molecule has 0 saturated heterocycles. The van der Waals surface area contributed by atoms with Crippen LogP contribution in [0.3, 0.4) is 0 Å². The first-order valence-electron chi connectivity index (χ1n) is 6.75. The Labute approximate surface area is 132 Å². The normalized spacial score (nSPS) is 11.3. The van der Waals surface area contributed by atoms with Crippen LogP contribution in [0.5, 0.6) is 5.75 Å². The Morgan fingerprint density at radius 2 is 1.95 bits per heavy atom. The molecule has 0 amide bonds. The third kappa shape index (κ3) is 2.71. The predicted octanol–water partition coefficient (Wildman–Crippen LogP) is 3.84. The number of aryl methyl sites for hydroxylation is 1. The molecule has 0 radical (unpaired) electrons. The van der Waals surface area contributed by atoms with E-state index in [1.807, 2.05) is 23.7 Å². The van der Waals surface area contributed by atoms with Gasteiger partial charge in [0.1, 0.15) is 5.75 Å². The number of nitrogens with one attached hydrogen (secondary N) is 1. The van der Waals surface area contributed by atoms with Gasteiger partial charge in [0.2, 0.25) is 0 Å². The Balaban J connectivity index is 1.90. The fourth-order valence-corrected chi connectivity index (χ4v) is 2.44. The lowest BCUT2D eigenvalue weighted by Gasteiger charge is -1.99. The number of phenols is 1. The molecular formula is C17H14N2O2S. The zero-order chi connectivity index (χ0) is 15.7. The van der Waals surface area contributed by atoms with E-state index < -0.39 is 0 Å². The second kappa shape index (κ2) is 5.61. The maximum atomic E-state index is 12.3. The quantitative estimate of drug-likeness (QED) is 0.439. The third-order valence-corrected chi connectivity index (χ3v) is 3.89.